The van der Waals surface area contributed by atoms with E-state index in [2.05, 4.69) is 34.1 Å². The number of rotatable bonds is 4. The van der Waals surface area contributed by atoms with Gasteiger partial charge in [0, 0.05) is 23.8 Å². The first-order valence-corrected chi connectivity index (χ1v) is 6.14. The molecule has 1 atom stereocenters. The van der Waals surface area contributed by atoms with Crippen LogP contribution in [-0.4, -0.2) is 15.0 Å². The number of hydrogen-bond acceptors (Lipinski definition) is 4. The third kappa shape index (κ3) is 2.48. The Labute approximate surface area is 99.2 Å². The van der Waals surface area contributed by atoms with Crippen LogP contribution in [0.1, 0.15) is 34.4 Å². The summed E-state index contributed by atoms with van der Waals surface area (Å²) in [6.45, 7) is 7.04. The summed E-state index contributed by atoms with van der Waals surface area (Å²) in [5, 5.41) is 4.56. The van der Waals surface area contributed by atoms with E-state index < -0.39 is 0 Å². The molecule has 0 saturated heterocycles. The van der Waals surface area contributed by atoms with E-state index in [4.69, 9.17) is 0 Å². The van der Waals surface area contributed by atoms with Gasteiger partial charge in [0.15, 0.2) is 0 Å². The predicted molar refractivity (Wildman–Crippen MR) is 65.4 cm³/mol. The van der Waals surface area contributed by atoms with Crippen molar-refractivity contribution in [2.24, 2.45) is 0 Å². The molecule has 0 aliphatic heterocycles. The Morgan fingerprint density at radius 3 is 2.88 bits per heavy atom. The third-order valence-corrected chi connectivity index (χ3v) is 3.57. The molecule has 0 bridgehead atoms. The monoisotopic (exact) mass is 236 g/mol. The maximum absolute atomic E-state index is 4.41. The van der Waals surface area contributed by atoms with E-state index in [9.17, 15) is 0 Å². The van der Waals surface area contributed by atoms with Gasteiger partial charge in [-0.2, -0.15) is 0 Å². The second-order valence-electron chi connectivity index (χ2n) is 3.82. The second-order valence-corrected chi connectivity index (χ2v) is 5.11. The van der Waals surface area contributed by atoms with Crippen molar-refractivity contribution in [2.75, 3.05) is 0 Å². The molecule has 1 unspecified atom stereocenters. The van der Waals surface area contributed by atoms with Gasteiger partial charge >= 0.3 is 0 Å². The van der Waals surface area contributed by atoms with Crippen LogP contribution in [0.3, 0.4) is 0 Å². The summed E-state index contributed by atoms with van der Waals surface area (Å²) in [4.78, 5) is 13.0. The van der Waals surface area contributed by atoms with Crippen molar-refractivity contribution in [2.45, 2.75) is 33.4 Å². The lowest BCUT2D eigenvalue weighted by molar-refractivity contribution is 0.553. The van der Waals surface area contributed by atoms with Crippen LogP contribution in [-0.2, 0) is 6.54 Å². The molecule has 86 valence electrons. The molecule has 0 aliphatic carbocycles. The number of aromatic nitrogens is 3. The Balaban J connectivity index is 1.95. The third-order valence-electron chi connectivity index (χ3n) is 2.50. The number of thiazole rings is 1. The lowest BCUT2D eigenvalue weighted by Gasteiger charge is -2.10. The Bertz CT molecular complexity index is 447. The van der Waals surface area contributed by atoms with Crippen molar-refractivity contribution >= 4 is 11.3 Å². The first kappa shape index (κ1) is 11.3. The van der Waals surface area contributed by atoms with Crippen molar-refractivity contribution < 1.29 is 0 Å². The molecule has 2 rings (SSSR count). The van der Waals surface area contributed by atoms with E-state index in [-0.39, 0.29) is 6.04 Å². The van der Waals surface area contributed by atoms with E-state index in [0.717, 1.165) is 23.1 Å². The Hall–Kier alpha value is -1.20. The standard InChI is InChI=1S/C11H16N4S/c1-7-10(16-9(3)15-7)6-14-8(2)11-12-4-5-13-11/h4-5,8,14H,6H2,1-3H3,(H,12,13). The minimum absolute atomic E-state index is 0.233. The molecule has 2 aromatic heterocycles. The minimum atomic E-state index is 0.233. The van der Waals surface area contributed by atoms with Crippen LogP contribution < -0.4 is 5.32 Å². The highest BCUT2D eigenvalue weighted by Gasteiger charge is 2.09. The fourth-order valence-corrected chi connectivity index (χ4v) is 2.48. The molecule has 0 fully saturated rings. The summed E-state index contributed by atoms with van der Waals surface area (Å²) in [5.74, 6) is 0.971. The summed E-state index contributed by atoms with van der Waals surface area (Å²) in [6.07, 6.45) is 3.62. The lowest BCUT2D eigenvalue weighted by Crippen LogP contribution is -2.19. The van der Waals surface area contributed by atoms with Crippen molar-refractivity contribution in [1.82, 2.24) is 20.3 Å². The molecule has 2 N–H and O–H groups in total. The van der Waals surface area contributed by atoms with Gasteiger partial charge in [0.2, 0.25) is 0 Å². The summed E-state index contributed by atoms with van der Waals surface area (Å²) in [7, 11) is 0. The number of nitrogens with one attached hydrogen (secondary N) is 2. The average Bonchev–Trinajstić information content (AvgIpc) is 2.84. The molecule has 0 amide bonds. The van der Waals surface area contributed by atoms with E-state index in [1.807, 2.05) is 13.1 Å². The summed E-state index contributed by atoms with van der Waals surface area (Å²) in [5.41, 5.74) is 1.13. The molecule has 0 saturated carbocycles. The molecule has 0 aromatic carbocycles. The van der Waals surface area contributed by atoms with Gasteiger partial charge < -0.3 is 10.3 Å². The predicted octanol–water partition coefficient (Wildman–Crippen LogP) is 2.33. The maximum Gasteiger partial charge on any atom is 0.122 e. The number of H-pyrrole nitrogens is 1. The van der Waals surface area contributed by atoms with Crippen LogP contribution in [0.15, 0.2) is 12.4 Å². The van der Waals surface area contributed by atoms with Gasteiger partial charge in [-0.3, -0.25) is 0 Å². The first-order valence-electron chi connectivity index (χ1n) is 5.32. The summed E-state index contributed by atoms with van der Waals surface area (Å²) >= 11 is 1.75. The number of imidazole rings is 1. The van der Waals surface area contributed by atoms with Crippen LogP contribution in [0.4, 0.5) is 0 Å². The zero-order valence-corrected chi connectivity index (χ0v) is 10.6. The van der Waals surface area contributed by atoms with Crippen LogP contribution in [0.5, 0.6) is 0 Å². The Kier molecular flexibility index (Phi) is 3.36. The van der Waals surface area contributed by atoms with Gasteiger partial charge in [-0.1, -0.05) is 0 Å². The van der Waals surface area contributed by atoms with Gasteiger partial charge in [0.25, 0.3) is 0 Å². The van der Waals surface area contributed by atoms with E-state index in [1.165, 1.54) is 4.88 Å². The topological polar surface area (TPSA) is 53.6 Å². The molecule has 0 spiro atoms. The Morgan fingerprint density at radius 1 is 1.50 bits per heavy atom. The fourth-order valence-electron chi connectivity index (χ4n) is 1.59. The first-order chi connectivity index (χ1) is 7.66. The second kappa shape index (κ2) is 4.76. The van der Waals surface area contributed by atoms with Crippen molar-refractivity contribution in [3.63, 3.8) is 0 Å². The summed E-state index contributed by atoms with van der Waals surface area (Å²) < 4.78 is 0. The molecular formula is C11H16N4S. The van der Waals surface area contributed by atoms with Crippen molar-refractivity contribution in [1.29, 1.82) is 0 Å². The van der Waals surface area contributed by atoms with Crippen molar-refractivity contribution in [3.8, 4) is 0 Å². The lowest BCUT2D eigenvalue weighted by atomic mass is 10.3. The highest BCUT2D eigenvalue weighted by molar-refractivity contribution is 7.11. The molecule has 4 nitrogen and oxygen atoms in total. The molecule has 16 heavy (non-hydrogen) atoms. The van der Waals surface area contributed by atoms with E-state index >= 15 is 0 Å². The minimum Gasteiger partial charge on any atom is -0.347 e. The van der Waals surface area contributed by atoms with Crippen LogP contribution in [0, 0.1) is 13.8 Å². The maximum atomic E-state index is 4.41. The van der Waals surface area contributed by atoms with Crippen LogP contribution >= 0.6 is 11.3 Å². The summed E-state index contributed by atoms with van der Waals surface area (Å²) in [6, 6.07) is 0.233. The average molecular weight is 236 g/mol. The quantitative estimate of drug-likeness (QED) is 0.856. The van der Waals surface area contributed by atoms with Gasteiger partial charge in [0.05, 0.1) is 16.7 Å². The number of hydrogen-bond donors (Lipinski definition) is 2. The number of aryl methyl sites for hydroxylation is 2. The normalized spacial score (nSPS) is 12.9. The zero-order chi connectivity index (χ0) is 11.5. The Morgan fingerprint density at radius 2 is 2.31 bits per heavy atom. The number of aromatic amines is 1. The van der Waals surface area contributed by atoms with Gasteiger partial charge in [0.1, 0.15) is 5.82 Å². The molecule has 0 aliphatic rings. The van der Waals surface area contributed by atoms with E-state index in [1.54, 1.807) is 17.5 Å². The number of nitrogens with zero attached hydrogens (tertiary/aromatic N) is 2. The SMILES string of the molecule is Cc1nc(C)c(CNC(C)c2ncc[nH]2)s1. The highest BCUT2D eigenvalue weighted by Crippen LogP contribution is 2.18. The van der Waals surface area contributed by atoms with Gasteiger partial charge in [-0.05, 0) is 20.8 Å². The van der Waals surface area contributed by atoms with Crippen molar-refractivity contribution in [3.05, 3.63) is 33.8 Å². The molecule has 2 aromatic rings. The smallest absolute Gasteiger partial charge is 0.122 e. The zero-order valence-electron chi connectivity index (χ0n) is 9.74. The van der Waals surface area contributed by atoms with Gasteiger partial charge in [-0.25, -0.2) is 9.97 Å². The van der Waals surface area contributed by atoms with E-state index in [0.29, 0.717) is 0 Å². The molecular weight excluding hydrogens is 220 g/mol. The molecule has 2 heterocycles. The van der Waals surface area contributed by atoms with Gasteiger partial charge in [-0.15, -0.1) is 11.3 Å². The molecule has 5 heteroatoms. The highest BCUT2D eigenvalue weighted by atomic mass is 32.1. The largest absolute Gasteiger partial charge is 0.347 e. The fraction of sp³-hybridized carbons (Fsp3) is 0.455. The molecule has 0 radical (unpaired) electrons. The van der Waals surface area contributed by atoms with Crippen LogP contribution in [0.25, 0.3) is 0 Å². The van der Waals surface area contributed by atoms with Crippen LogP contribution in [0.2, 0.25) is 0 Å².